The van der Waals surface area contributed by atoms with Gasteiger partial charge in [0, 0.05) is 13.1 Å². The van der Waals surface area contributed by atoms with Crippen LogP contribution >= 0.6 is 23.2 Å². The summed E-state index contributed by atoms with van der Waals surface area (Å²) < 4.78 is 33.9. The first-order valence-electron chi connectivity index (χ1n) is 12.8. The van der Waals surface area contributed by atoms with E-state index >= 15 is 0 Å². The predicted octanol–water partition coefficient (Wildman–Crippen LogP) is 5.53. The molecule has 8 nitrogen and oxygen atoms in total. The lowest BCUT2D eigenvalue weighted by atomic mass is 10.1. The maximum Gasteiger partial charge on any atom is 0.264 e. The molecule has 1 N–H and O–H groups in total. The van der Waals surface area contributed by atoms with Gasteiger partial charge in [-0.2, -0.15) is 0 Å². The van der Waals surface area contributed by atoms with E-state index < -0.39 is 28.5 Å². The van der Waals surface area contributed by atoms with Gasteiger partial charge in [0.1, 0.15) is 18.3 Å². The van der Waals surface area contributed by atoms with Crippen molar-refractivity contribution < 1.29 is 22.7 Å². The summed E-state index contributed by atoms with van der Waals surface area (Å²) in [6, 6.07) is 18.5. The number of hydrogen-bond acceptors (Lipinski definition) is 5. The van der Waals surface area contributed by atoms with Gasteiger partial charge in [0.15, 0.2) is 0 Å². The molecule has 3 aromatic carbocycles. The highest BCUT2D eigenvalue weighted by molar-refractivity contribution is 7.92. The Morgan fingerprint density at radius 2 is 1.62 bits per heavy atom. The molecule has 0 unspecified atom stereocenters. The highest BCUT2D eigenvalue weighted by Crippen LogP contribution is 2.31. The third kappa shape index (κ3) is 7.68. The summed E-state index contributed by atoms with van der Waals surface area (Å²) in [7, 11) is -2.64. The minimum Gasteiger partial charge on any atom is -0.497 e. The third-order valence-electron chi connectivity index (χ3n) is 6.25. The van der Waals surface area contributed by atoms with Crippen LogP contribution in [-0.4, -0.2) is 51.4 Å². The number of hydrogen-bond donors (Lipinski definition) is 1. The second-order valence-corrected chi connectivity index (χ2v) is 11.7. The fourth-order valence-corrected chi connectivity index (χ4v) is 5.82. The van der Waals surface area contributed by atoms with E-state index in [0.29, 0.717) is 18.7 Å². The topological polar surface area (TPSA) is 96.0 Å². The molecule has 214 valence electrons. The molecule has 0 heterocycles. The predicted molar refractivity (Wildman–Crippen MR) is 158 cm³/mol. The molecule has 0 aliphatic rings. The normalized spacial score (nSPS) is 11.9. The summed E-state index contributed by atoms with van der Waals surface area (Å²) in [4.78, 5) is 28.6. The Hall–Kier alpha value is -3.27. The van der Waals surface area contributed by atoms with Gasteiger partial charge in [0.05, 0.1) is 27.7 Å². The van der Waals surface area contributed by atoms with E-state index in [-0.39, 0.29) is 33.1 Å². The Labute approximate surface area is 245 Å². The minimum absolute atomic E-state index is 0.00306. The molecule has 0 saturated heterocycles. The number of sulfonamides is 1. The lowest BCUT2D eigenvalue weighted by molar-refractivity contribution is -0.140. The van der Waals surface area contributed by atoms with Crippen LogP contribution in [0.5, 0.6) is 5.75 Å². The second kappa shape index (κ2) is 14.4. The SMILES string of the molecule is CCCNC(=O)[C@H](CC)N(Cc1ccc(OC)cc1)C(=O)CN(c1ccc(Cl)c(Cl)c1)S(=O)(=O)c1ccccc1. The standard InChI is InChI=1S/C29H33Cl2N3O5S/c1-4-17-32-29(36)27(5-2)33(19-21-11-14-23(39-3)15-12-21)28(35)20-34(22-13-16-25(30)26(31)18-22)40(37,38)24-9-7-6-8-10-24/h6-16,18,27H,4-5,17,19-20H2,1-3H3,(H,32,36)/t27-/m0/s1. The Kier molecular flexibility index (Phi) is 11.2. The molecule has 2 amide bonds. The molecule has 0 spiro atoms. The zero-order valence-electron chi connectivity index (χ0n) is 22.6. The second-order valence-electron chi connectivity index (χ2n) is 9.01. The maximum atomic E-state index is 14.0. The summed E-state index contributed by atoms with van der Waals surface area (Å²) in [5, 5.41) is 3.24. The van der Waals surface area contributed by atoms with E-state index in [2.05, 4.69) is 5.32 Å². The smallest absolute Gasteiger partial charge is 0.264 e. The molecule has 0 aliphatic carbocycles. The monoisotopic (exact) mass is 605 g/mol. The van der Waals surface area contributed by atoms with Crippen LogP contribution in [0.15, 0.2) is 77.7 Å². The van der Waals surface area contributed by atoms with Crippen LogP contribution in [0.25, 0.3) is 0 Å². The van der Waals surface area contributed by atoms with E-state index in [1.165, 1.54) is 35.2 Å². The Morgan fingerprint density at radius 1 is 0.950 bits per heavy atom. The van der Waals surface area contributed by atoms with Gasteiger partial charge in [-0.05, 0) is 60.9 Å². The van der Waals surface area contributed by atoms with Crippen molar-refractivity contribution in [3.05, 3.63) is 88.4 Å². The molecule has 0 aliphatic heterocycles. The molecular formula is C29H33Cl2N3O5S. The van der Waals surface area contributed by atoms with Crippen molar-refractivity contribution in [3.8, 4) is 5.75 Å². The van der Waals surface area contributed by atoms with Gasteiger partial charge in [-0.1, -0.05) is 67.4 Å². The summed E-state index contributed by atoms with van der Waals surface area (Å²) in [5.41, 5.74) is 0.919. The molecule has 11 heteroatoms. The Bertz CT molecular complexity index is 1400. The van der Waals surface area contributed by atoms with Gasteiger partial charge >= 0.3 is 0 Å². The molecular weight excluding hydrogens is 573 g/mol. The summed E-state index contributed by atoms with van der Waals surface area (Å²) in [6.45, 7) is 3.72. The fraction of sp³-hybridized carbons (Fsp3) is 0.310. The van der Waals surface area contributed by atoms with Gasteiger partial charge in [-0.3, -0.25) is 13.9 Å². The van der Waals surface area contributed by atoms with Gasteiger partial charge in [-0.15, -0.1) is 0 Å². The summed E-state index contributed by atoms with van der Waals surface area (Å²) >= 11 is 12.3. The van der Waals surface area contributed by atoms with E-state index in [1.807, 2.05) is 13.8 Å². The van der Waals surface area contributed by atoms with Crippen molar-refractivity contribution in [2.45, 2.75) is 44.2 Å². The molecule has 3 rings (SSSR count). The molecule has 0 aromatic heterocycles. The van der Waals surface area contributed by atoms with Crippen molar-refractivity contribution >= 4 is 50.7 Å². The first-order valence-corrected chi connectivity index (χ1v) is 15.0. The van der Waals surface area contributed by atoms with E-state index in [1.54, 1.807) is 49.6 Å². The molecule has 0 saturated carbocycles. The number of ether oxygens (including phenoxy) is 1. The van der Waals surface area contributed by atoms with Crippen molar-refractivity contribution in [2.75, 3.05) is 24.5 Å². The first kappa shape index (κ1) is 31.3. The zero-order valence-corrected chi connectivity index (χ0v) is 25.0. The van der Waals surface area contributed by atoms with Crippen molar-refractivity contribution in [3.63, 3.8) is 0 Å². The van der Waals surface area contributed by atoms with Crippen molar-refractivity contribution in [1.82, 2.24) is 10.2 Å². The maximum absolute atomic E-state index is 14.0. The molecule has 40 heavy (non-hydrogen) atoms. The quantitative estimate of drug-likeness (QED) is 0.276. The van der Waals surface area contributed by atoms with E-state index in [0.717, 1.165) is 16.3 Å². The number of carbonyl (C=O) groups is 2. The summed E-state index contributed by atoms with van der Waals surface area (Å²) in [5.74, 6) is -0.216. The largest absolute Gasteiger partial charge is 0.497 e. The van der Waals surface area contributed by atoms with Crippen LogP contribution in [0.1, 0.15) is 32.3 Å². The van der Waals surface area contributed by atoms with Crippen molar-refractivity contribution in [2.24, 2.45) is 0 Å². The molecule has 0 bridgehead atoms. The number of amides is 2. The number of benzene rings is 3. The Morgan fingerprint density at radius 3 is 2.20 bits per heavy atom. The summed E-state index contributed by atoms with van der Waals surface area (Å²) in [6.07, 6.45) is 1.06. The first-order chi connectivity index (χ1) is 19.1. The van der Waals surface area contributed by atoms with Crippen LogP contribution in [0.3, 0.4) is 0 Å². The minimum atomic E-state index is -4.19. The highest BCUT2D eigenvalue weighted by atomic mass is 35.5. The number of halogens is 2. The lowest BCUT2D eigenvalue weighted by Gasteiger charge is -2.33. The zero-order chi connectivity index (χ0) is 29.3. The number of nitrogens with one attached hydrogen (secondary N) is 1. The van der Waals surface area contributed by atoms with Crippen LogP contribution in [-0.2, 0) is 26.2 Å². The van der Waals surface area contributed by atoms with E-state index in [4.69, 9.17) is 27.9 Å². The molecule has 0 radical (unpaired) electrons. The molecule has 1 atom stereocenters. The van der Waals surface area contributed by atoms with Crippen LogP contribution in [0.4, 0.5) is 5.69 Å². The van der Waals surface area contributed by atoms with Crippen molar-refractivity contribution in [1.29, 1.82) is 0 Å². The number of rotatable bonds is 13. The highest BCUT2D eigenvalue weighted by Gasteiger charge is 2.33. The number of carbonyl (C=O) groups excluding carboxylic acids is 2. The molecule has 0 fully saturated rings. The number of nitrogens with zero attached hydrogens (tertiary/aromatic N) is 2. The fourth-order valence-electron chi connectivity index (χ4n) is 4.10. The average Bonchev–Trinajstić information content (AvgIpc) is 2.96. The van der Waals surface area contributed by atoms with E-state index in [9.17, 15) is 18.0 Å². The van der Waals surface area contributed by atoms with Crippen LogP contribution in [0.2, 0.25) is 10.0 Å². The van der Waals surface area contributed by atoms with Crippen LogP contribution in [0, 0.1) is 0 Å². The lowest BCUT2D eigenvalue weighted by Crippen LogP contribution is -2.52. The number of anilines is 1. The average molecular weight is 607 g/mol. The molecule has 3 aromatic rings. The third-order valence-corrected chi connectivity index (χ3v) is 8.78. The van der Waals surface area contributed by atoms with Gasteiger partial charge in [0.2, 0.25) is 11.8 Å². The number of methoxy groups -OCH3 is 1. The van der Waals surface area contributed by atoms with Gasteiger partial charge in [0.25, 0.3) is 10.0 Å². The van der Waals surface area contributed by atoms with Crippen LogP contribution < -0.4 is 14.4 Å². The van der Waals surface area contributed by atoms with Gasteiger partial charge in [-0.25, -0.2) is 8.42 Å². The van der Waals surface area contributed by atoms with Gasteiger partial charge < -0.3 is 15.0 Å². The Balaban J connectivity index is 2.05.